The molecule has 0 aromatic heterocycles. The summed E-state index contributed by atoms with van der Waals surface area (Å²) in [6.07, 6.45) is -1.17. The number of esters is 1. The minimum Gasteiger partial charge on any atom is -0.466 e. The zero-order valence-electron chi connectivity index (χ0n) is 9.60. The smallest absolute Gasteiger partial charge is 0.336 e. The molecule has 0 radical (unpaired) electrons. The monoisotopic (exact) mass is 314 g/mol. The number of hydrogen-bond acceptors (Lipinski definition) is 5. The molecule has 0 fully saturated rings. The van der Waals surface area contributed by atoms with E-state index in [0.717, 1.165) is 0 Å². The number of aliphatic hydroxyl groups is 1. The maximum absolute atomic E-state index is 11.3. The van der Waals surface area contributed by atoms with E-state index in [9.17, 15) is 9.90 Å². The molecule has 0 spiro atoms. The van der Waals surface area contributed by atoms with Crippen molar-refractivity contribution in [2.45, 2.75) is 6.10 Å². The number of halogens is 1. The van der Waals surface area contributed by atoms with Crippen LogP contribution < -0.4 is 9.47 Å². The van der Waals surface area contributed by atoms with E-state index in [2.05, 4.69) is 27.2 Å². The number of rotatable bonds is 3. The van der Waals surface area contributed by atoms with Crippen molar-refractivity contribution in [1.82, 2.24) is 0 Å². The predicted molar refractivity (Wildman–Crippen MR) is 66.4 cm³/mol. The lowest BCUT2D eigenvalue weighted by molar-refractivity contribution is -0.137. The molecule has 0 aliphatic carbocycles. The average molecular weight is 315 g/mol. The summed E-state index contributed by atoms with van der Waals surface area (Å²) in [6.45, 7) is 3.66. The fourth-order valence-electron chi connectivity index (χ4n) is 1.57. The Balaban J connectivity index is 2.33. The molecule has 5 nitrogen and oxygen atoms in total. The third-order valence-corrected chi connectivity index (χ3v) is 3.25. The second-order valence-electron chi connectivity index (χ2n) is 3.65. The quantitative estimate of drug-likeness (QED) is 0.682. The molecule has 1 unspecified atom stereocenters. The molecule has 1 aromatic rings. The van der Waals surface area contributed by atoms with Crippen molar-refractivity contribution in [3.63, 3.8) is 0 Å². The Labute approximate surface area is 112 Å². The Morgan fingerprint density at radius 2 is 2.11 bits per heavy atom. The maximum atomic E-state index is 11.3. The summed E-state index contributed by atoms with van der Waals surface area (Å²) in [5.74, 6) is 0.443. The zero-order chi connectivity index (χ0) is 13.3. The SMILES string of the molecule is C=C(C(=O)OC)C(O)c1cc2c(cc1Br)OCO2. The Morgan fingerprint density at radius 3 is 2.72 bits per heavy atom. The lowest BCUT2D eigenvalue weighted by Gasteiger charge is -2.14. The van der Waals surface area contributed by atoms with Gasteiger partial charge in [0.05, 0.1) is 12.7 Å². The second-order valence-corrected chi connectivity index (χ2v) is 4.50. The number of aliphatic hydroxyl groups excluding tert-OH is 1. The number of carbonyl (C=O) groups is 1. The summed E-state index contributed by atoms with van der Waals surface area (Å²) in [6, 6.07) is 3.27. The number of ether oxygens (including phenoxy) is 3. The first-order valence-corrected chi connectivity index (χ1v) is 5.88. The van der Waals surface area contributed by atoms with Crippen LogP contribution in [0.25, 0.3) is 0 Å². The van der Waals surface area contributed by atoms with Gasteiger partial charge in [0, 0.05) is 10.0 Å². The van der Waals surface area contributed by atoms with E-state index in [-0.39, 0.29) is 12.4 Å². The van der Waals surface area contributed by atoms with Crippen molar-refractivity contribution in [2.24, 2.45) is 0 Å². The Bertz CT molecular complexity index is 511. The van der Waals surface area contributed by atoms with Crippen LogP contribution >= 0.6 is 15.9 Å². The van der Waals surface area contributed by atoms with Gasteiger partial charge in [-0.25, -0.2) is 4.79 Å². The summed E-state index contributed by atoms with van der Waals surface area (Å²) in [5, 5.41) is 10.1. The van der Waals surface area contributed by atoms with Gasteiger partial charge in [0.1, 0.15) is 6.10 Å². The molecule has 1 heterocycles. The first-order valence-electron chi connectivity index (χ1n) is 5.08. The van der Waals surface area contributed by atoms with Gasteiger partial charge in [-0.1, -0.05) is 22.5 Å². The molecule has 1 aliphatic heterocycles. The summed E-state index contributed by atoms with van der Waals surface area (Å²) < 4.78 is 15.5. The number of fused-ring (bicyclic) bond motifs is 1. The highest BCUT2D eigenvalue weighted by Crippen LogP contribution is 2.40. The first kappa shape index (κ1) is 12.9. The molecule has 2 rings (SSSR count). The minimum absolute atomic E-state index is 0.0444. The molecule has 1 aromatic carbocycles. The molecule has 18 heavy (non-hydrogen) atoms. The fourth-order valence-corrected chi connectivity index (χ4v) is 2.11. The molecule has 0 bridgehead atoms. The molecule has 0 amide bonds. The molecule has 1 N–H and O–H groups in total. The lowest BCUT2D eigenvalue weighted by atomic mass is 10.0. The van der Waals surface area contributed by atoms with Gasteiger partial charge < -0.3 is 19.3 Å². The summed E-state index contributed by atoms with van der Waals surface area (Å²) in [7, 11) is 1.23. The highest BCUT2D eigenvalue weighted by atomic mass is 79.9. The number of benzene rings is 1. The van der Waals surface area contributed by atoms with Crippen LogP contribution in [0, 0.1) is 0 Å². The minimum atomic E-state index is -1.17. The van der Waals surface area contributed by atoms with Gasteiger partial charge >= 0.3 is 5.97 Å². The molecule has 1 aliphatic rings. The molecule has 6 heteroatoms. The van der Waals surface area contributed by atoms with Crippen molar-refractivity contribution in [2.75, 3.05) is 13.9 Å². The van der Waals surface area contributed by atoms with Gasteiger partial charge in [0.15, 0.2) is 11.5 Å². The number of methoxy groups -OCH3 is 1. The molecule has 96 valence electrons. The third kappa shape index (κ3) is 2.21. The Morgan fingerprint density at radius 1 is 1.50 bits per heavy atom. The van der Waals surface area contributed by atoms with Crippen LogP contribution in [0.3, 0.4) is 0 Å². The van der Waals surface area contributed by atoms with Gasteiger partial charge in [-0.05, 0) is 12.1 Å². The fraction of sp³-hybridized carbons (Fsp3) is 0.250. The normalized spacial score (nSPS) is 14.2. The van der Waals surface area contributed by atoms with Gasteiger partial charge in [0.2, 0.25) is 6.79 Å². The van der Waals surface area contributed by atoms with Crippen LogP contribution in [0.5, 0.6) is 11.5 Å². The van der Waals surface area contributed by atoms with Crippen LogP contribution in [0.15, 0.2) is 28.8 Å². The van der Waals surface area contributed by atoms with Gasteiger partial charge in [-0.2, -0.15) is 0 Å². The predicted octanol–water partition coefficient (Wildman–Crippen LogP) is 1.94. The van der Waals surface area contributed by atoms with Crippen LogP contribution in [0.1, 0.15) is 11.7 Å². The van der Waals surface area contributed by atoms with Crippen molar-refractivity contribution in [3.05, 3.63) is 34.3 Å². The molecule has 0 saturated heterocycles. The molecular weight excluding hydrogens is 304 g/mol. The molecule has 1 atom stereocenters. The number of hydrogen-bond donors (Lipinski definition) is 1. The lowest BCUT2D eigenvalue weighted by Crippen LogP contribution is -2.12. The largest absolute Gasteiger partial charge is 0.466 e. The standard InChI is InChI=1S/C12H11BrO5/c1-6(12(15)16-2)11(14)7-3-9-10(4-8(7)13)18-5-17-9/h3-4,11,14H,1,5H2,2H3. The summed E-state index contributed by atoms with van der Waals surface area (Å²) in [5.41, 5.74) is 0.423. The average Bonchev–Trinajstić information content (AvgIpc) is 2.82. The third-order valence-electron chi connectivity index (χ3n) is 2.56. The Kier molecular flexibility index (Phi) is 3.58. The van der Waals surface area contributed by atoms with Crippen LogP contribution in [0.4, 0.5) is 0 Å². The van der Waals surface area contributed by atoms with Crippen LogP contribution in [-0.4, -0.2) is 25.0 Å². The van der Waals surface area contributed by atoms with Crippen LogP contribution in [-0.2, 0) is 9.53 Å². The van der Waals surface area contributed by atoms with Crippen molar-refractivity contribution in [3.8, 4) is 11.5 Å². The van der Waals surface area contributed by atoms with E-state index in [0.29, 0.717) is 21.5 Å². The highest BCUT2D eigenvalue weighted by Gasteiger charge is 2.24. The van der Waals surface area contributed by atoms with E-state index in [1.165, 1.54) is 7.11 Å². The van der Waals surface area contributed by atoms with Crippen molar-refractivity contribution >= 4 is 21.9 Å². The van der Waals surface area contributed by atoms with Gasteiger partial charge in [0.25, 0.3) is 0 Å². The maximum Gasteiger partial charge on any atom is 0.336 e. The van der Waals surface area contributed by atoms with Crippen molar-refractivity contribution in [1.29, 1.82) is 0 Å². The summed E-state index contributed by atoms with van der Waals surface area (Å²) in [4.78, 5) is 11.3. The first-order chi connectivity index (χ1) is 8.54. The van der Waals surface area contributed by atoms with Crippen LogP contribution in [0.2, 0.25) is 0 Å². The second kappa shape index (κ2) is 4.99. The topological polar surface area (TPSA) is 65.0 Å². The number of carbonyl (C=O) groups excluding carboxylic acids is 1. The van der Waals surface area contributed by atoms with E-state index in [4.69, 9.17) is 9.47 Å². The van der Waals surface area contributed by atoms with E-state index < -0.39 is 12.1 Å². The zero-order valence-corrected chi connectivity index (χ0v) is 11.2. The van der Waals surface area contributed by atoms with Gasteiger partial charge in [-0.3, -0.25) is 0 Å². The van der Waals surface area contributed by atoms with E-state index >= 15 is 0 Å². The van der Waals surface area contributed by atoms with Crippen molar-refractivity contribution < 1.29 is 24.1 Å². The highest BCUT2D eigenvalue weighted by molar-refractivity contribution is 9.10. The van der Waals surface area contributed by atoms with E-state index in [1.54, 1.807) is 12.1 Å². The molecular formula is C12H11BrO5. The molecule has 0 saturated carbocycles. The summed E-state index contributed by atoms with van der Waals surface area (Å²) >= 11 is 3.30. The Hall–Kier alpha value is -1.53. The van der Waals surface area contributed by atoms with Gasteiger partial charge in [-0.15, -0.1) is 0 Å². The van der Waals surface area contributed by atoms with E-state index in [1.807, 2.05) is 0 Å².